The molecule has 0 fully saturated rings. The number of halogens is 2. The molecule has 2 heterocycles. The second-order valence-corrected chi connectivity index (χ2v) is 7.67. The first-order chi connectivity index (χ1) is 15.0. The topological polar surface area (TPSA) is 72.7 Å². The quantitative estimate of drug-likeness (QED) is 0.449. The SMILES string of the molecule is O=C(NCc1ccc(F)cc1)c1nc2ccc(Br)cn2c(=O)c1OCc1ccccc1. The van der Waals surface area contributed by atoms with Crippen LogP contribution >= 0.6 is 15.9 Å². The summed E-state index contributed by atoms with van der Waals surface area (Å²) in [5, 5.41) is 2.72. The standard InChI is InChI=1S/C23H17BrFN3O3/c24-17-8-11-19-27-20(22(29)26-12-15-6-9-18(25)10-7-15)21(23(30)28(19)13-17)31-14-16-4-2-1-3-5-16/h1-11,13H,12,14H2,(H,26,29). The van der Waals surface area contributed by atoms with Gasteiger partial charge in [0, 0.05) is 17.2 Å². The van der Waals surface area contributed by atoms with Crippen molar-refractivity contribution >= 4 is 27.5 Å². The Labute approximate surface area is 185 Å². The van der Waals surface area contributed by atoms with Crippen LogP contribution in [0.1, 0.15) is 21.6 Å². The van der Waals surface area contributed by atoms with Gasteiger partial charge in [-0.25, -0.2) is 9.37 Å². The highest BCUT2D eigenvalue weighted by Gasteiger charge is 2.21. The van der Waals surface area contributed by atoms with Crippen LogP contribution in [-0.2, 0) is 13.2 Å². The molecule has 4 rings (SSSR count). The van der Waals surface area contributed by atoms with E-state index in [9.17, 15) is 14.0 Å². The van der Waals surface area contributed by atoms with Gasteiger partial charge in [0.05, 0.1) is 0 Å². The Morgan fingerprint density at radius 1 is 1.03 bits per heavy atom. The largest absolute Gasteiger partial charge is 0.481 e. The molecule has 156 valence electrons. The highest BCUT2D eigenvalue weighted by Crippen LogP contribution is 2.17. The van der Waals surface area contributed by atoms with E-state index < -0.39 is 11.5 Å². The second kappa shape index (κ2) is 9.09. The predicted octanol–water partition coefficient (Wildman–Crippen LogP) is 4.11. The third kappa shape index (κ3) is 4.80. The minimum absolute atomic E-state index is 0.106. The molecule has 0 bridgehead atoms. The van der Waals surface area contributed by atoms with Crippen LogP contribution in [0, 0.1) is 5.82 Å². The molecule has 6 nitrogen and oxygen atoms in total. The number of carbonyl (C=O) groups excluding carboxylic acids is 1. The zero-order valence-corrected chi connectivity index (χ0v) is 17.8. The van der Waals surface area contributed by atoms with E-state index in [0.717, 1.165) is 5.56 Å². The van der Waals surface area contributed by atoms with E-state index in [0.29, 0.717) is 15.7 Å². The lowest BCUT2D eigenvalue weighted by atomic mass is 10.2. The number of benzene rings is 2. The molecule has 0 aliphatic rings. The number of pyridine rings is 1. The van der Waals surface area contributed by atoms with Crippen molar-refractivity contribution in [2.24, 2.45) is 0 Å². The van der Waals surface area contributed by atoms with Crippen LogP contribution < -0.4 is 15.6 Å². The lowest BCUT2D eigenvalue weighted by Crippen LogP contribution is -2.29. The normalized spacial score (nSPS) is 10.8. The van der Waals surface area contributed by atoms with Gasteiger partial charge in [-0.2, -0.15) is 0 Å². The molecule has 0 aliphatic heterocycles. The molecular weight excluding hydrogens is 465 g/mol. The molecule has 0 atom stereocenters. The van der Waals surface area contributed by atoms with Crippen molar-refractivity contribution < 1.29 is 13.9 Å². The van der Waals surface area contributed by atoms with E-state index in [1.807, 2.05) is 30.3 Å². The molecule has 1 N–H and O–H groups in total. The third-order valence-electron chi connectivity index (χ3n) is 4.55. The average Bonchev–Trinajstić information content (AvgIpc) is 2.79. The summed E-state index contributed by atoms with van der Waals surface area (Å²) in [6, 6.07) is 18.4. The molecular formula is C23H17BrFN3O3. The maximum absolute atomic E-state index is 13.1. The van der Waals surface area contributed by atoms with Crippen molar-refractivity contribution in [1.82, 2.24) is 14.7 Å². The number of nitrogens with zero attached hydrogens (tertiary/aromatic N) is 2. The Kier molecular flexibility index (Phi) is 6.08. The van der Waals surface area contributed by atoms with Gasteiger partial charge in [0.25, 0.3) is 5.91 Å². The van der Waals surface area contributed by atoms with Crippen molar-refractivity contribution in [3.05, 3.63) is 110 Å². The number of hydrogen-bond acceptors (Lipinski definition) is 4. The van der Waals surface area contributed by atoms with E-state index in [1.54, 1.807) is 30.5 Å². The summed E-state index contributed by atoms with van der Waals surface area (Å²) in [4.78, 5) is 30.4. The van der Waals surface area contributed by atoms with Gasteiger partial charge in [-0.3, -0.25) is 14.0 Å². The van der Waals surface area contributed by atoms with Gasteiger partial charge in [-0.05, 0) is 51.3 Å². The van der Waals surface area contributed by atoms with Crippen molar-refractivity contribution in [2.75, 3.05) is 0 Å². The van der Waals surface area contributed by atoms with E-state index in [4.69, 9.17) is 4.74 Å². The molecule has 31 heavy (non-hydrogen) atoms. The maximum atomic E-state index is 13.1. The van der Waals surface area contributed by atoms with Crippen LogP contribution in [0.25, 0.3) is 5.65 Å². The highest BCUT2D eigenvalue weighted by atomic mass is 79.9. The van der Waals surface area contributed by atoms with Gasteiger partial charge in [-0.1, -0.05) is 42.5 Å². The molecule has 0 unspecified atom stereocenters. The van der Waals surface area contributed by atoms with Crippen molar-refractivity contribution in [1.29, 1.82) is 0 Å². The van der Waals surface area contributed by atoms with Crippen LogP contribution in [-0.4, -0.2) is 15.3 Å². The molecule has 2 aromatic carbocycles. The molecule has 0 aliphatic carbocycles. The smallest absolute Gasteiger partial charge is 0.301 e. The van der Waals surface area contributed by atoms with Crippen molar-refractivity contribution in [3.8, 4) is 5.75 Å². The summed E-state index contributed by atoms with van der Waals surface area (Å²) in [6.45, 7) is 0.259. The molecule has 0 radical (unpaired) electrons. The molecule has 0 saturated heterocycles. The fourth-order valence-electron chi connectivity index (χ4n) is 2.98. The first kappa shape index (κ1) is 20.7. The minimum Gasteiger partial charge on any atom is -0.481 e. The summed E-state index contributed by atoms with van der Waals surface area (Å²) in [7, 11) is 0. The van der Waals surface area contributed by atoms with Crippen LogP contribution in [0.2, 0.25) is 0 Å². The number of amides is 1. The Morgan fingerprint density at radius 2 is 1.77 bits per heavy atom. The molecule has 1 amide bonds. The van der Waals surface area contributed by atoms with Crippen LogP contribution in [0.15, 0.2) is 82.2 Å². The van der Waals surface area contributed by atoms with Crippen LogP contribution in [0.5, 0.6) is 5.75 Å². The van der Waals surface area contributed by atoms with E-state index >= 15 is 0 Å². The average molecular weight is 482 g/mol. The highest BCUT2D eigenvalue weighted by molar-refractivity contribution is 9.10. The van der Waals surface area contributed by atoms with Gasteiger partial charge in [0.2, 0.25) is 5.75 Å². The lowest BCUT2D eigenvalue weighted by molar-refractivity contribution is 0.0940. The Balaban J connectivity index is 1.67. The van der Waals surface area contributed by atoms with E-state index in [2.05, 4.69) is 26.2 Å². The zero-order chi connectivity index (χ0) is 21.8. The number of carbonyl (C=O) groups is 1. The van der Waals surface area contributed by atoms with Crippen LogP contribution in [0.3, 0.4) is 0 Å². The number of ether oxygens (including phenoxy) is 1. The minimum atomic E-state index is -0.560. The summed E-state index contributed by atoms with van der Waals surface area (Å²) in [5.74, 6) is -1.06. The first-order valence-electron chi connectivity index (χ1n) is 9.42. The number of rotatable bonds is 6. The van der Waals surface area contributed by atoms with Crippen LogP contribution in [0.4, 0.5) is 4.39 Å². The first-order valence-corrected chi connectivity index (χ1v) is 10.2. The predicted molar refractivity (Wildman–Crippen MR) is 118 cm³/mol. The molecule has 0 saturated carbocycles. The van der Waals surface area contributed by atoms with Gasteiger partial charge in [0.15, 0.2) is 5.69 Å². The molecule has 0 spiro atoms. The number of aromatic nitrogens is 2. The molecule has 2 aromatic heterocycles. The fraction of sp³-hybridized carbons (Fsp3) is 0.0870. The molecule has 8 heteroatoms. The van der Waals surface area contributed by atoms with Gasteiger partial charge >= 0.3 is 5.56 Å². The maximum Gasteiger partial charge on any atom is 0.301 e. The summed E-state index contributed by atoms with van der Waals surface area (Å²) < 4.78 is 20.9. The lowest BCUT2D eigenvalue weighted by Gasteiger charge is -2.13. The monoisotopic (exact) mass is 481 g/mol. The number of hydrogen-bond donors (Lipinski definition) is 1. The van der Waals surface area contributed by atoms with Crippen molar-refractivity contribution in [2.45, 2.75) is 13.2 Å². The summed E-state index contributed by atoms with van der Waals surface area (Å²) >= 11 is 3.34. The third-order valence-corrected chi connectivity index (χ3v) is 5.02. The molecule has 4 aromatic rings. The Bertz CT molecular complexity index is 1290. The fourth-order valence-corrected chi connectivity index (χ4v) is 3.32. The zero-order valence-electron chi connectivity index (χ0n) is 16.2. The van der Waals surface area contributed by atoms with Gasteiger partial charge < -0.3 is 10.1 Å². The van der Waals surface area contributed by atoms with E-state index in [-0.39, 0.29) is 30.4 Å². The summed E-state index contributed by atoms with van der Waals surface area (Å²) in [6.07, 6.45) is 1.57. The van der Waals surface area contributed by atoms with E-state index in [1.165, 1.54) is 16.5 Å². The number of nitrogens with one attached hydrogen (secondary N) is 1. The van der Waals surface area contributed by atoms with Gasteiger partial charge in [0.1, 0.15) is 18.1 Å². The second-order valence-electron chi connectivity index (χ2n) is 6.75. The van der Waals surface area contributed by atoms with Gasteiger partial charge in [-0.15, -0.1) is 0 Å². The number of fused-ring (bicyclic) bond motifs is 1. The summed E-state index contributed by atoms with van der Waals surface area (Å²) in [5.41, 5.74) is 1.27. The Morgan fingerprint density at radius 3 is 2.52 bits per heavy atom. The Hall–Kier alpha value is -3.52. The van der Waals surface area contributed by atoms with Crippen molar-refractivity contribution in [3.63, 3.8) is 0 Å².